The van der Waals surface area contributed by atoms with Crippen molar-refractivity contribution in [1.82, 2.24) is 5.32 Å². The molecule has 2 aromatic carbocycles. The summed E-state index contributed by atoms with van der Waals surface area (Å²) < 4.78 is 1.02. The smallest absolute Gasteiger partial charge is 0.267 e. The maximum absolute atomic E-state index is 12.2. The van der Waals surface area contributed by atoms with Crippen molar-refractivity contribution in [1.29, 1.82) is 5.26 Å². The first-order valence-corrected chi connectivity index (χ1v) is 8.48. The maximum Gasteiger partial charge on any atom is 0.267 e. The topological polar surface area (TPSA) is 85.2 Å². The number of nitrogens with one attached hydrogen (secondary N) is 2. The summed E-state index contributed by atoms with van der Waals surface area (Å²) in [4.78, 5) is 12.2. The molecule has 25 heavy (non-hydrogen) atoms. The van der Waals surface area contributed by atoms with Crippen LogP contribution >= 0.6 is 15.9 Å². The number of hydrogen-bond acceptors (Lipinski definition) is 4. The Bertz CT molecular complexity index is 841. The zero-order valence-electron chi connectivity index (χ0n) is 13.7. The van der Waals surface area contributed by atoms with Crippen LogP contribution in [0.25, 0.3) is 0 Å². The molecule has 0 bridgehead atoms. The van der Waals surface area contributed by atoms with E-state index in [0.29, 0.717) is 17.8 Å². The Labute approximate surface area is 155 Å². The Morgan fingerprint density at radius 3 is 2.80 bits per heavy atom. The molecule has 5 nitrogen and oxygen atoms in total. The van der Waals surface area contributed by atoms with E-state index in [1.54, 1.807) is 19.1 Å². The van der Waals surface area contributed by atoms with E-state index in [0.717, 1.165) is 16.5 Å². The lowest BCUT2D eigenvalue weighted by Crippen LogP contribution is -2.18. The Balaban J connectivity index is 1.92. The van der Waals surface area contributed by atoms with E-state index in [1.807, 2.05) is 30.3 Å². The third kappa shape index (κ3) is 5.66. The molecule has 0 heterocycles. The third-order valence-corrected chi connectivity index (χ3v) is 4.01. The molecule has 0 unspecified atom stereocenters. The molecule has 0 radical (unpaired) electrons. The zero-order chi connectivity index (χ0) is 18.2. The van der Waals surface area contributed by atoms with Gasteiger partial charge in [0.05, 0.1) is 0 Å². The molecule has 0 aliphatic rings. The first-order chi connectivity index (χ1) is 12.0. The molecular weight excluding hydrogens is 382 g/mol. The number of nitriles is 1. The van der Waals surface area contributed by atoms with E-state index in [9.17, 15) is 15.2 Å². The second-order valence-corrected chi connectivity index (χ2v) is 6.37. The van der Waals surface area contributed by atoms with Gasteiger partial charge in [0.1, 0.15) is 17.4 Å². The first-order valence-electron chi connectivity index (χ1n) is 7.68. The minimum atomic E-state index is -0.494. The van der Waals surface area contributed by atoms with Crippen LogP contribution in [-0.2, 0) is 11.2 Å². The lowest BCUT2D eigenvalue weighted by molar-refractivity contribution is -0.112. The van der Waals surface area contributed by atoms with Gasteiger partial charge in [-0.05, 0) is 54.8 Å². The number of benzene rings is 2. The van der Waals surface area contributed by atoms with Crippen molar-refractivity contribution in [3.8, 4) is 11.8 Å². The van der Waals surface area contributed by atoms with Gasteiger partial charge >= 0.3 is 0 Å². The number of rotatable bonds is 6. The molecule has 0 spiro atoms. The van der Waals surface area contributed by atoms with Gasteiger partial charge in [-0.3, -0.25) is 4.79 Å². The SMILES string of the molecule is Cc1cc(O)ccc1NC(=O)/C(C#N)=C\NCCc1cccc(Br)c1. The number of halogens is 1. The molecule has 128 valence electrons. The summed E-state index contributed by atoms with van der Waals surface area (Å²) in [5.74, 6) is -0.369. The average molecular weight is 400 g/mol. The van der Waals surface area contributed by atoms with Crippen LogP contribution in [0.1, 0.15) is 11.1 Å². The summed E-state index contributed by atoms with van der Waals surface area (Å²) in [6.07, 6.45) is 2.19. The molecule has 0 fully saturated rings. The second-order valence-electron chi connectivity index (χ2n) is 5.46. The number of amides is 1. The van der Waals surface area contributed by atoms with Crippen molar-refractivity contribution < 1.29 is 9.90 Å². The Morgan fingerprint density at radius 2 is 2.12 bits per heavy atom. The number of carbonyl (C=O) groups is 1. The molecule has 3 N–H and O–H groups in total. The lowest BCUT2D eigenvalue weighted by Gasteiger charge is -2.08. The van der Waals surface area contributed by atoms with E-state index in [1.165, 1.54) is 12.3 Å². The molecule has 6 heteroatoms. The van der Waals surface area contributed by atoms with Crippen molar-refractivity contribution >= 4 is 27.5 Å². The van der Waals surface area contributed by atoms with E-state index < -0.39 is 5.91 Å². The summed E-state index contributed by atoms with van der Waals surface area (Å²) in [6.45, 7) is 2.37. The van der Waals surface area contributed by atoms with Gasteiger partial charge in [0.2, 0.25) is 0 Å². The number of anilines is 1. The fourth-order valence-electron chi connectivity index (χ4n) is 2.21. The Kier molecular flexibility index (Phi) is 6.61. The van der Waals surface area contributed by atoms with E-state index in [4.69, 9.17) is 0 Å². The first kappa shape index (κ1) is 18.6. The van der Waals surface area contributed by atoms with Gasteiger partial charge in [0.25, 0.3) is 5.91 Å². The van der Waals surface area contributed by atoms with Crippen LogP contribution in [0.5, 0.6) is 5.75 Å². The van der Waals surface area contributed by atoms with Crippen molar-refractivity contribution in [2.45, 2.75) is 13.3 Å². The number of phenols is 1. The number of nitrogens with zero attached hydrogens (tertiary/aromatic N) is 1. The van der Waals surface area contributed by atoms with Crippen molar-refractivity contribution in [2.75, 3.05) is 11.9 Å². The van der Waals surface area contributed by atoms with E-state index in [-0.39, 0.29) is 11.3 Å². The molecular formula is C19H18BrN3O2. The molecule has 2 rings (SSSR count). The Hall–Kier alpha value is -2.78. The fourth-order valence-corrected chi connectivity index (χ4v) is 2.66. The van der Waals surface area contributed by atoms with Crippen LogP contribution in [0.3, 0.4) is 0 Å². The summed E-state index contributed by atoms with van der Waals surface area (Å²) >= 11 is 3.42. The monoisotopic (exact) mass is 399 g/mol. The van der Waals surface area contributed by atoms with Gasteiger partial charge in [0, 0.05) is 22.9 Å². The van der Waals surface area contributed by atoms with Crippen LogP contribution in [0.4, 0.5) is 5.69 Å². The number of phenolic OH excluding ortho intramolecular Hbond substituents is 1. The third-order valence-electron chi connectivity index (χ3n) is 3.52. The van der Waals surface area contributed by atoms with Gasteiger partial charge in [-0.2, -0.15) is 5.26 Å². The highest BCUT2D eigenvalue weighted by Gasteiger charge is 2.10. The minimum Gasteiger partial charge on any atom is -0.508 e. The number of hydrogen-bond donors (Lipinski definition) is 3. The van der Waals surface area contributed by atoms with Crippen LogP contribution in [0.2, 0.25) is 0 Å². The maximum atomic E-state index is 12.2. The second kappa shape index (κ2) is 8.90. The van der Waals surface area contributed by atoms with Gasteiger partial charge in [0.15, 0.2) is 0 Å². The fraction of sp³-hybridized carbons (Fsp3) is 0.158. The van der Waals surface area contributed by atoms with E-state index >= 15 is 0 Å². The molecule has 0 aromatic heterocycles. The molecule has 2 aromatic rings. The largest absolute Gasteiger partial charge is 0.508 e. The van der Waals surface area contributed by atoms with Crippen molar-refractivity contribution in [3.63, 3.8) is 0 Å². The van der Waals surface area contributed by atoms with Gasteiger partial charge in [-0.25, -0.2) is 0 Å². The van der Waals surface area contributed by atoms with Crippen molar-refractivity contribution in [2.24, 2.45) is 0 Å². The number of carbonyl (C=O) groups excluding carboxylic acids is 1. The highest BCUT2D eigenvalue weighted by Crippen LogP contribution is 2.20. The highest BCUT2D eigenvalue weighted by molar-refractivity contribution is 9.10. The number of aryl methyl sites for hydroxylation is 1. The quantitative estimate of drug-likeness (QED) is 0.299. The number of aromatic hydroxyl groups is 1. The van der Waals surface area contributed by atoms with Crippen LogP contribution < -0.4 is 10.6 Å². The summed E-state index contributed by atoms with van der Waals surface area (Å²) in [7, 11) is 0. The molecule has 0 aliphatic heterocycles. The summed E-state index contributed by atoms with van der Waals surface area (Å²) in [6, 6.07) is 14.5. The van der Waals surface area contributed by atoms with E-state index in [2.05, 4.69) is 26.6 Å². The van der Waals surface area contributed by atoms with Gasteiger partial charge in [-0.1, -0.05) is 28.1 Å². The minimum absolute atomic E-state index is 0.0123. The van der Waals surface area contributed by atoms with Gasteiger partial charge < -0.3 is 15.7 Å². The summed E-state index contributed by atoms with van der Waals surface area (Å²) in [5.41, 5.74) is 2.41. The van der Waals surface area contributed by atoms with Crippen LogP contribution in [-0.4, -0.2) is 17.6 Å². The normalized spacial score (nSPS) is 10.8. The highest BCUT2D eigenvalue weighted by atomic mass is 79.9. The lowest BCUT2D eigenvalue weighted by atomic mass is 10.1. The van der Waals surface area contributed by atoms with Gasteiger partial charge in [-0.15, -0.1) is 0 Å². The molecule has 0 saturated heterocycles. The molecule has 0 atom stereocenters. The van der Waals surface area contributed by atoms with Crippen LogP contribution in [0, 0.1) is 18.3 Å². The Morgan fingerprint density at radius 1 is 1.32 bits per heavy atom. The van der Waals surface area contributed by atoms with Crippen molar-refractivity contribution in [3.05, 3.63) is 69.8 Å². The zero-order valence-corrected chi connectivity index (χ0v) is 15.3. The standard InChI is InChI=1S/C19H18BrN3O2/c1-13-9-17(24)5-6-18(13)23-19(25)15(11-21)12-22-8-7-14-3-2-4-16(20)10-14/h2-6,9-10,12,22,24H,7-8H2,1H3,(H,23,25)/b15-12-. The molecule has 0 saturated carbocycles. The molecule has 0 aliphatic carbocycles. The predicted octanol–water partition coefficient (Wildman–Crippen LogP) is 3.64. The average Bonchev–Trinajstić information content (AvgIpc) is 2.57. The van der Waals surface area contributed by atoms with Crippen LogP contribution in [0.15, 0.2) is 58.7 Å². The molecule has 1 amide bonds. The summed E-state index contributed by atoms with van der Waals surface area (Å²) in [5, 5.41) is 24.2. The predicted molar refractivity (Wildman–Crippen MR) is 101 cm³/mol.